The Balaban J connectivity index is 1.46. The molecule has 2 aromatic carbocycles. The summed E-state index contributed by atoms with van der Waals surface area (Å²) in [7, 11) is 0. The smallest absolute Gasteiger partial charge is 0.123 e. The largest absolute Gasteiger partial charge is 0.389 e. The Kier molecular flexibility index (Phi) is 5.43. The van der Waals surface area contributed by atoms with Gasteiger partial charge in [0.25, 0.3) is 0 Å². The second-order valence-electron chi connectivity index (χ2n) is 9.24. The predicted octanol–water partition coefficient (Wildman–Crippen LogP) is 6.81. The first-order chi connectivity index (χ1) is 15.3. The monoisotopic (exact) mass is 470 g/mol. The summed E-state index contributed by atoms with van der Waals surface area (Å²) in [6.07, 6.45) is 8.76. The lowest BCUT2D eigenvalue weighted by Gasteiger charge is -2.52. The van der Waals surface area contributed by atoms with Gasteiger partial charge in [-0.05, 0) is 92.1 Å². The third-order valence-electron chi connectivity index (χ3n) is 7.41. The molecule has 5 rings (SSSR count). The molecular formula is C26H25Cl2FN2O. The molecule has 0 amide bonds. The quantitative estimate of drug-likeness (QED) is 0.454. The number of aryl methyl sites for hydroxylation is 1. The molecule has 32 heavy (non-hydrogen) atoms. The van der Waals surface area contributed by atoms with Crippen molar-refractivity contribution < 1.29 is 9.50 Å². The molecule has 1 saturated carbocycles. The zero-order valence-corrected chi connectivity index (χ0v) is 19.4. The molecule has 0 saturated heterocycles. The van der Waals surface area contributed by atoms with Crippen LogP contribution in [0.2, 0.25) is 10.0 Å². The fraction of sp³-hybridized carbons (Fsp3) is 0.346. The van der Waals surface area contributed by atoms with Crippen molar-refractivity contribution in [3.05, 3.63) is 86.9 Å². The topological polar surface area (TPSA) is 38.0 Å². The lowest BCUT2D eigenvalue weighted by Crippen LogP contribution is -2.52. The minimum absolute atomic E-state index is 0.265. The zero-order valence-electron chi connectivity index (χ0n) is 17.9. The average Bonchev–Trinajstić information content (AvgIpc) is 3.15. The molecule has 3 aromatic rings. The molecular weight excluding hydrogens is 446 g/mol. The van der Waals surface area contributed by atoms with E-state index >= 15 is 0 Å². The van der Waals surface area contributed by atoms with Crippen molar-refractivity contribution in [2.45, 2.75) is 51.0 Å². The molecule has 1 heterocycles. The number of rotatable bonds is 4. The normalized spacial score (nSPS) is 24.6. The van der Waals surface area contributed by atoms with E-state index in [0.29, 0.717) is 22.9 Å². The number of benzene rings is 2. The zero-order chi connectivity index (χ0) is 22.5. The number of halogens is 3. The fourth-order valence-electron chi connectivity index (χ4n) is 5.41. The number of hydrogen-bond donors (Lipinski definition) is 1. The summed E-state index contributed by atoms with van der Waals surface area (Å²) in [5.74, 6) is -0.265. The van der Waals surface area contributed by atoms with Crippen LogP contribution in [-0.2, 0) is 12.8 Å². The van der Waals surface area contributed by atoms with E-state index in [1.807, 2.05) is 23.0 Å². The first kappa shape index (κ1) is 21.7. The van der Waals surface area contributed by atoms with Crippen molar-refractivity contribution in [2.24, 2.45) is 5.41 Å². The molecule has 166 valence electrons. The highest BCUT2D eigenvalue weighted by atomic mass is 35.5. The van der Waals surface area contributed by atoms with Gasteiger partial charge in [0.2, 0.25) is 0 Å². The molecule has 0 unspecified atom stereocenters. The summed E-state index contributed by atoms with van der Waals surface area (Å²) in [6, 6.07) is 11.9. The van der Waals surface area contributed by atoms with Crippen LogP contribution in [0, 0.1) is 11.2 Å². The number of aliphatic hydroxyl groups is 1. The third kappa shape index (κ3) is 3.59. The predicted molar refractivity (Wildman–Crippen MR) is 127 cm³/mol. The van der Waals surface area contributed by atoms with Crippen molar-refractivity contribution in [3.8, 4) is 5.69 Å². The Morgan fingerprint density at radius 2 is 1.94 bits per heavy atom. The summed E-state index contributed by atoms with van der Waals surface area (Å²) in [5, 5.41) is 17.8. The minimum Gasteiger partial charge on any atom is -0.389 e. The molecule has 0 radical (unpaired) electrons. The molecule has 2 aliphatic rings. The Bertz CT molecular complexity index is 1200. The van der Waals surface area contributed by atoms with Gasteiger partial charge in [-0.2, -0.15) is 5.10 Å². The van der Waals surface area contributed by atoms with Crippen molar-refractivity contribution in [1.82, 2.24) is 9.78 Å². The molecule has 3 nitrogen and oxygen atoms in total. The van der Waals surface area contributed by atoms with Crippen LogP contribution >= 0.6 is 23.2 Å². The summed E-state index contributed by atoms with van der Waals surface area (Å²) in [4.78, 5) is 0. The van der Waals surface area contributed by atoms with Crippen LogP contribution in [0.25, 0.3) is 11.8 Å². The summed E-state index contributed by atoms with van der Waals surface area (Å²) < 4.78 is 15.2. The van der Waals surface area contributed by atoms with Crippen LogP contribution in [-0.4, -0.2) is 20.5 Å². The summed E-state index contributed by atoms with van der Waals surface area (Å²) >= 11 is 12.4. The van der Waals surface area contributed by atoms with Gasteiger partial charge >= 0.3 is 0 Å². The maximum atomic E-state index is 13.4. The molecule has 1 fully saturated rings. The number of aromatic nitrogens is 2. The highest BCUT2D eigenvalue weighted by Crippen LogP contribution is 2.54. The SMILES string of the molecule is C[C@]12Cc3cnn(-c4ccc(F)cc4)c3C=C1CCC[C@@]2(O)CCc1ccc(Cl)cc1Cl. The summed E-state index contributed by atoms with van der Waals surface area (Å²) in [6.45, 7) is 2.18. The molecule has 0 aliphatic heterocycles. The van der Waals surface area contributed by atoms with E-state index in [4.69, 9.17) is 23.2 Å². The van der Waals surface area contributed by atoms with E-state index in [2.05, 4.69) is 18.1 Å². The van der Waals surface area contributed by atoms with Crippen molar-refractivity contribution in [2.75, 3.05) is 0 Å². The van der Waals surface area contributed by atoms with Crippen molar-refractivity contribution in [3.63, 3.8) is 0 Å². The van der Waals surface area contributed by atoms with Gasteiger partial charge in [0.05, 0.1) is 23.2 Å². The maximum absolute atomic E-state index is 13.4. The number of hydrogen-bond acceptors (Lipinski definition) is 2. The van der Waals surface area contributed by atoms with E-state index in [1.165, 1.54) is 17.7 Å². The molecule has 0 bridgehead atoms. The maximum Gasteiger partial charge on any atom is 0.123 e. The Hall–Kier alpha value is -2.14. The average molecular weight is 471 g/mol. The Morgan fingerprint density at radius 1 is 1.16 bits per heavy atom. The molecule has 2 aliphatic carbocycles. The van der Waals surface area contributed by atoms with Crippen LogP contribution in [0.3, 0.4) is 0 Å². The van der Waals surface area contributed by atoms with Crippen LogP contribution in [0.1, 0.15) is 49.4 Å². The number of fused-ring (bicyclic) bond motifs is 2. The Morgan fingerprint density at radius 3 is 2.69 bits per heavy atom. The van der Waals surface area contributed by atoms with Crippen LogP contribution in [0.15, 0.2) is 54.2 Å². The molecule has 0 spiro atoms. The van der Waals surface area contributed by atoms with E-state index < -0.39 is 5.60 Å². The van der Waals surface area contributed by atoms with Crippen LogP contribution < -0.4 is 0 Å². The van der Waals surface area contributed by atoms with Gasteiger partial charge in [-0.25, -0.2) is 9.07 Å². The van der Waals surface area contributed by atoms with Gasteiger partial charge in [-0.1, -0.05) is 41.8 Å². The van der Waals surface area contributed by atoms with Gasteiger partial charge in [-0.15, -0.1) is 0 Å². The molecule has 6 heteroatoms. The van der Waals surface area contributed by atoms with Gasteiger partial charge in [-0.3, -0.25) is 0 Å². The molecule has 1 aromatic heterocycles. The van der Waals surface area contributed by atoms with Gasteiger partial charge in [0.1, 0.15) is 5.82 Å². The standard InChI is InChI=1S/C26H25Cl2FN2O/c1-25-15-18-16-30-31(22-8-6-21(29)7-9-22)24(18)13-19(25)3-2-11-26(25,32)12-10-17-4-5-20(27)14-23(17)28/h4-9,13-14,16,32H,2-3,10-12,15H2,1H3/t25-,26+/m0/s1. The minimum atomic E-state index is -0.838. The first-order valence-electron chi connectivity index (χ1n) is 11.0. The van der Waals surface area contributed by atoms with Crippen LogP contribution in [0.4, 0.5) is 4.39 Å². The van der Waals surface area contributed by atoms with Gasteiger partial charge in [0.15, 0.2) is 0 Å². The van der Waals surface area contributed by atoms with E-state index in [-0.39, 0.29) is 11.2 Å². The van der Waals surface area contributed by atoms with Crippen LogP contribution in [0.5, 0.6) is 0 Å². The fourth-order valence-corrected chi connectivity index (χ4v) is 5.92. The van der Waals surface area contributed by atoms with Gasteiger partial charge < -0.3 is 5.11 Å². The molecule has 2 atom stereocenters. The summed E-state index contributed by atoms with van der Waals surface area (Å²) in [5.41, 5.74) is 4.01. The number of nitrogens with zero attached hydrogens (tertiary/aromatic N) is 2. The van der Waals surface area contributed by atoms with E-state index in [0.717, 1.165) is 48.2 Å². The van der Waals surface area contributed by atoms with Gasteiger partial charge in [0, 0.05) is 15.5 Å². The lowest BCUT2D eigenvalue weighted by molar-refractivity contribution is -0.0843. The second kappa shape index (κ2) is 8.02. The molecule has 1 N–H and O–H groups in total. The Labute approximate surface area is 197 Å². The van der Waals surface area contributed by atoms with Crippen molar-refractivity contribution >= 4 is 29.3 Å². The lowest BCUT2D eigenvalue weighted by atomic mass is 9.56. The first-order valence-corrected chi connectivity index (χ1v) is 11.7. The van der Waals surface area contributed by atoms with E-state index in [9.17, 15) is 9.50 Å². The third-order valence-corrected chi connectivity index (χ3v) is 7.99. The highest BCUT2D eigenvalue weighted by molar-refractivity contribution is 6.35. The second-order valence-corrected chi connectivity index (χ2v) is 10.1. The van der Waals surface area contributed by atoms with E-state index in [1.54, 1.807) is 18.2 Å². The van der Waals surface area contributed by atoms with Crippen molar-refractivity contribution in [1.29, 1.82) is 0 Å². The highest BCUT2D eigenvalue weighted by Gasteiger charge is 2.52.